The lowest BCUT2D eigenvalue weighted by molar-refractivity contribution is 0.307. The molecule has 0 aliphatic carbocycles. The van der Waals surface area contributed by atoms with Crippen LogP contribution < -0.4 is 9.47 Å². The molecule has 0 unspecified atom stereocenters. The molecule has 0 bridgehead atoms. The van der Waals surface area contributed by atoms with E-state index in [-0.39, 0.29) is 0 Å². The molecule has 0 N–H and O–H groups in total. The molecule has 0 saturated heterocycles. The quantitative estimate of drug-likeness (QED) is 0.535. The average molecular weight is 215 g/mol. The van der Waals surface area contributed by atoms with Gasteiger partial charge in [-0.05, 0) is 25.0 Å². The highest BCUT2D eigenvalue weighted by Crippen LogP contribution is 2.18. The zero-order valence-corrected chi connectivity index (χ0v) is 9.09. The van der Waals surface area contributed by atoms with Gasteiger partial charge in [-0.2, -0.15) is 0 Å². The molecule has 0 amide bonds. The van der Waals surface area contributed by atoms with Crippen LogP contribution in [-0.4, -0.2) is 19.6 Å². The lowest BCUT2D eigenvalue weighted by atomic mass is 10.3. The Bertz CT molecular complexity index is 263. The van der Waals surface area contributed by atoms with Gasteiger partial charge in [-0.3, -0.25) is 0 Å². The van der Waals surface area contributed by atoms with Gasteiger partial charge < -0.3 is 9.47 Å². The molecule has 0 aliphatic heterocycles. The first-order chi connectivity index (χ1) is 6.86. The highest BCUT2D eigenvalue weighted by atomic mass is 35.5. The monoisotopic (exact) mass is 214 g/mol. The maximum Gasteiger partial charge on any atom is 0.122 e. The number of halogens is 1. The summed E-state index contributed by atoms with van der Waals surface area (Å²) in [5.74, 6) is 2.36. The molecule has 78 valence electrons. The molecular weight excluding hydrogens is 200 g/mol. The molecule has 0 aliphatic rings. The van der Waals surface area contributed by atoms with Crippen LogP contribution in [0, 0.1) is 0 Å². The van der Waals surface area contributed by atoms with Crippen LogP contribution in [0.1, 0.15) is 12.8 Å². The smallest absolute Gasteiger partial charge is 0.122 e. The Morgan fingerprint density at radius 3 is 2.71 bits per heavy atom. The highest BCUT2D eigenvalue weighted by Gasteiger charge is 1.95. The predicted octanol–water partition coefficient (Wildman–Crippen LogP) is 3.09. The molecule has 14 heavy (non-hydrogen) atoms. The molecular formula is C11H15ClO2. The van der Waals surface area contributed by atoms with Crippen LogP contribution in [0.25, 0.3) is 0 Å². The minimum atomic E-state index is 0.696. The normalized spacial score (nSPS) is 9.86. The summed E-state index contributed by atoms with van der Waals surface area (Å²) in [6.45, 7) is 0.708. The number of ether oxygens (including phenoxy) is 2. The van der Waals surface area contributed by atoms with E-state index >= 15 is 0 Å². The fourth-order valence-electron chi connectivity index (χ4n) is 1.08. The third-order valence-electron chi connectivity index (χ3n) is 1.84. The van der Waals surface area contributed by atoms with Gasteiger partial charge in [-0.15, -0.1) is 11.6 Å². The van der Waals surface area contributed by atoms with Crippen molar-refractivity contribution in [1.82, 2.24) is 0 Å². The van der Waals surface area contributed by atoms with E-state index < -0.39 is 0 Å². The molecule has 0 atom stereocenters. The molecule has 0 heterocycles. The second-order valence-electron chi connectivity index (χ2n) is 2.92. The third-order valence-corrected chi connectivity index (χ3v) is 2.11. The van der Waals surface area contributed by atoms with E-state index in [1.807, 2.05) is 24.3 Å². The fraction of sp³-hybridized carbons (Fsp3) is 0.455. The average Bonchev–Trinajstić information content (AvgIpc) is 2.25. The van der Waals surface area contributed by atoms with Crippen LogP contribution in [0.3, 0.4) is 0 Å². The first-order valence-corrected chi connectivity index (χ1v) is 5.23. The Morgan fingerprint density at radius 1 is 1.21 bits per heavy atom. The first-order valence-electron chi connectivity index (χ1n) is 4.69. The molecule has 1 aromatic rings. The summed E-state index contributed by atoms with van der Waals surface area (Å²) in [7, 11) is 1.65. The lowest BCUT2D eigenvalue weighted by Gasteiger charge is -2.06. The minimum absolute atomic E-state index is 0.696. The number of unbranched alkanes of at least 4 members (excludes halogenated alkanes) is 1. The van der Waals surface area contributed by atoms with Crippen molar-refractivity contribution in [1.29, 1.82) is 0 Å². The molecule has 2 nitrogen and oxygen atoms in total. The van der Waals surface area contributed by atoms with Crippen LogP contribution in [0.4, 0.5) is 0 Å². The van der Waals surface area contributed by atoms with Crippen molar-refractivity contribution in [2.24, 2.45) is 0 Å². The summed E-state index contributed by atoms with van der Waals surface area (Å²) in [5, 5.41) is 0. The van der Waals surface area contributed by atoms with Crippen molar-refractivity contribution in [2.45, 2.75) is 12.8 Å². The van der Waals surface area contributed by atoms with Crippen LogP contribution >= 0.6 is 11.6 Å². The number of alkyl halides is 1. The zero-order valence-electron chi connectivity index (χ0n) is 8.33. The second-order valence-corrected chi connectivity index (χ2v) is 3.30. The van der Waals surface area contributed by atoms with E-state index in [4.69, 9.17) is 21.1 Å². The molecule has 0 spiro atoms. The van der Waals surface area contributed by atoms with Gasteiger partial charge in [-0.1, -0.05) is 6.07 Å². The van der Waals surface area contributed by atoms with Gasteiger partial charge in [-0.25, -0.2) is 0 Å². The van der Waals surface area contributed by atoms with E-state index in [1.165, 1.54) is 0 Å². The van der Waals surface area contributed by atoms with E-state index in [2.05, 4.69) is 0 Å². The molecule has 1 aromatic carbocycles. The lowest BCUT2D eigenvalue weighted by Crippen LogP contribution is -1.97. The van der Waals surface area contributed by atoms with Gasteiger partial charge in [0.25, 0.3) is 0 Å². The number of benzene rings is 1. The van der Waals surface area contributed by atoms with Gasteiger partial charge >= 0.3 is 0 Å². The standard InChI is InChI=1S/C11H15ClO2/c1-13-10-5-4-6-11(9-10)14-8-3-2-7-12/h4-6,9H,2-3,7-8H2,1H3. The number of rotatable bonds is 6. The SMILES string of the molecule is COc1cccc(OCCCCCl)c1. The van der Waals surface area contributed by atoms with E-state index in [1.54, 1.807) is 7.11 Å². The molecule has 1 rings (SSSR count). The summed E-state index contributed by atoms with van der Waals surface area (Å²) in [6, 6.07) is 7.60. The zero-order chi connectivity index (χ0) is 10.2. The fourth-order valence-corrected chi connectivity index (χ4v) is 1.27. The van der Waals surface area contributed by atoms with Crippen LogP contribution in [0.2, 0.25) is 0 Å². The van der Waals surface area contributed by atoms with Crippen molar-refractivity contribution in [3.8, 4) is 11.5 Å². The highest BCUT2D eigenvalue weighted by molar-refractivity contribution is 6.17. The van der Waals surface area contributed by atoms with Gasteiger partial charge in [0.1, 0.15) is 11.5 Å². The molecule has 0 fully saturated rings. The molecule has 0 saturated carbocycles. The summed E-state index contributed by atoms with van der Waals surface area (Å²) < 4.78 is 10.6. The van der Waals surface area contributed by atoms with Crippen molar-refractivity contribution < 1.29 is 9.47 Å². The second kappa shape index (κ2) is 6.55. The summed E-state index contributed by atoms with van der Waals surface area (Å²) in [4.78, 5) is 0. The topological polar surface area (TPSA) is 18.5 Å². The number of hydrogen-bond acceptors (Lipinski definition) is 2. The maximum absolute atomic E-state index is 5.56. The van der Waals surface area contributed by atoms with Crippen molar-refractivity contribution in [3.63, 3.8) is 0 Å². The maximum atomic E-state index is 5.56. The Balaban J connectivity index is 2.34. The Morgan fingerprint density at radius 2 is 2.00 bits per heavy atom. The van der Waals surface area contributed by atoms with Gasteiger partial charge in [0.2, 0.25) is 0 Å². The van der Waals surface area contributed by atoms with Gasteiger partial charge in [0.05, 0.1) is 13.7 Å². The molecule has 3 heteroatoms. The first kappa shape index (κ1) is 11.2. The van der Waals surface area contributed by atoms with Crippen LogP contribution in [0.15, 0.2) is 24.3 Å². The van der Waals surface area contributed by atoms with Crippen LogP contribution in [-0.2, 0) is 0 Å². The van der Waals surface area contributed by atoms with Gasteiger partial charge in [0, 0.05) is 11.9 Å². The van der Waals surface area contributed by atoms with Gasteiger partial charge in [0.15, 0.2) is 0 Å². The summed E-state index contributed by atoms with van der Waals surface area (Å²) in [5.41, 5.74) is 0. The number of methoxy groups -OCH3 is 1. The molecule has 0 aromatic heterocycles. The Hall–Kier alpha value is -0.890. The molecule has 0 radical (unpaired) electrons. The van der Waals surface area contributed by atoms with E-state index in [0.29, 0.717) is 12.5 Å². The predicted molar refractivity (Wildman–Crippen MR) is 58.4 cm³/mol. The Kier molecular flexibility index (Phi) is 5.23. The third kappa shape index (κ3) is 3.88. The largest absolute Gasteiger partial charge is 0.497 e. The summed E-state index contributed by atoms with van der Waals surface area (Å²) in [6.07, 6.45) is 1.98. The van der Waals surface area contributed by atoms with E-state index in [9.17, 15) is 0 Å². The minimum Gasteiger partial charge on any atom is -0.497 e. The van der Waals surface area contributed by atoms with E-state index in [0.717, 1.165) is 24.3 Å². The summed E-state index contributed by atoms with van der Waals surface area (Å²) >= 11 is 5.56. The van der Waals surface area contributed by atoms with Crippen molar-refractivity contribution in [3.05, 3.63) is 24.3 Å². The van der Waals surface area contributed by atoms with Crippen molar-refractivity contribution >= 4 is 11.6 Å². The Labute approximate surface area is 89.8 Å². The van der Waals surface area contributed by atoms with Crippen molar-refractivity contribution in [2.75, 3.05) is 19.6 Å². The van der Waals surface area contributed by atoms with Crippen LogP contribution in [0.5, 0.6) is 11.5 Å². The number of hydrogen-bond donors (Lipinski definition) is 0.